The van der Waals surface area contributed by atoms with E-state index in [9.17, 15) is 9.59 Å². The van der Waals surface area contributed by atoms with Crippen LogP contribution in [0.15, 0.2) is 0 Å². The van der Waals surface area contributed by atoms with Gasteiger partial charge in [0.25, 0.3) is 0 Å². The molecule has 5 nitrogen and oxygen atoms in total. The van der Waals surface area contributed by atoms with Crippen molar-refractivity contribution in [2.45, 2.75) is 46.3 Å². The van der Waals surface area contributed by atoms with Crippen LogP contribution in [0, 0.1) is 5.92 Å². The average molecular weight is 231 g/mol. The lowest BCUT2D eigenvalue weighted by molar-refractivity contribution is -0.145. The van der Waals surface area contributed by atoms with Crippen LogP contribution >= 0.6 is 0 Å². The summed E-state index contributed by atoms with van der Waals surface area (Å²) in [6, 6.07) is -0.331. The number of amides is 1. The second kappa shape index (κ2) is 5.72. The number of carbonyl (C=O) groups is 2. The van der Waals surface area contributed by atoms with Crippen molar-refractivity contribution in [1.29, 1.82) is 0 Å². The van der Waals surface area contributed by atoms with Crippen LogP contribution in [0.4, 0.5) is 4.79 Å². The van der Waals surface area contributed by atoms with Crippen molar-refractivity contribution in [2.24, 2.45) is 5.92 Å². The Morgan fingerprint density at radius 1 is 1.19 bits per heavy atom. The normalized spacial score (nSPS) is 14.9. The minimum absolute atomic E-state index is 0.331. The summed E-state index contributed by atoms with van der Waals surface area (Å²) in [6.45, 7) is 8.75. The molecule has 0 spiro atoms. The van der Waals surface area contributed by atoms with Crippen LogP contribution in [-0.2, 0) is 14.3 Å². The van der Waals surface area contributed by atoms with Gasteiger partial charge in [-0.25, -0.2) is 4.79 Å². The number of rotatable bonds is 3. The summed E-state index contributed by atoms with van der Waals surface area (Å²) in [7, 11) is 1.32. The van der Waals surface area contributed by atoms with Crippen LogP contribution in [0.5, 0.6) is 0 Å². The molecule has 0 radical (unpaired) electrons. The first-order valence-corrected chi connectivity index (χ1v) is 5.24. The highest BCUT2D eigenvalue weighted by Gasteiger charge is 2.24. The Hall–Kier alpha value is -1.26. The number of hydrogen-bond acceptors (Lipinski definition) is 4. The van der Waals surface area contributed by atoms with Gasteiger partial charge in [0.1, 0.15) is 5.60 Å². The number of ether oxygens (including phenoxy) is 2. The van der Waals surface area contributed by atoms with Gasteiger partial charge in [-0.05, 0) is 34.6 Å². The minimum Gasteiger partial charge on any atom is -0.469 e. The van der Waals surface area contributed by atoms with Gasteiger partial charge >= 0.3 is 12.1 Å². The molecule has 0 aliphatic heterocycles. The Bertz CT molecular complexity index is 257. The lowest BCUT2D eigenvalue weighted by atomic mass is 10.0. The molecule has 0 heterocycles. The number of carbonyl (C=O) groups excluding carboxylic acids is 2. The fourth-order valence-electron chi connectivity index (χ4n) is 1.01. The van der Waals surface area contributed by atoms with Gasteiger partial charge in [-0.15, -0.1) is 0 Å². The minimum atomic E-state index is -0.543. The standard InChI is InChI=1S/C11H21NO4/c1-7(9(13)15-6)8(2)12-10(14)16-11(3,4)5/h7-8H,1-6H3,(H,12,14)/t7-,8+/m1/s1. The highest BCUT2D eigenvalue weighted by atomic mass is 16.6. The van der Waals surface area contributed by atoms with E-state index in [-0.39, 0.29) is 12.0 Å². The van der Waals surface area contributed by atoms with E-state index in [4.69, 9.17) is 4.74 Å². The molecule has 0 bridgehead atoms. The number of nitrogens with one attached hydrogen (secondary N) is 1. The first kappa shape index (κ1) is 14.7. The van der Waals surface area contributed by atoms with E-state index in [2.05, 4.69) is 10.1 Å². The summed E-state index contributed by atoms with van der Waals surface area (Å²) in [5, 5.41) is 2.59. The summed E-state index contributed by atoms with van der Waals surface area (Å²) in [5.41, 5.74) is -0.543. The van der Waals surface area contributed by atoms with E-state index in [1.165, 1.54) is 7.11 Å². The summed E-state index contributed by atoms with van der Waals surface area (Å²) >= 11 is 0. The Kier molecular flexibility index (Phi) is 5.27. The van der Waals surface area contributed by atoms with Crippen molar-refractivity contribution in [1.82, 2.24) is 5.32 Å². The van der Waals surface area contributed by atoms with Gasteiger partial charge in [0, 0.05) is 6.04 Å². The molecule has 16 heavy (non-hydrogen) atoms. The summed E-state index contributed by atoms with van der Waals surface area (Å²) in [5.74, 6) is -0.763. The number of hydrogen-bond donors (Lipinski definition) is 1. The molecular weight excluding hydrogens is 210 g/mol. The molecule has 0 aliphatic rings. The van der Waals surface area contributed by atoms with Crippen molar-refractivity contribution in [3.8, 4) is 0 Å². The molecule has 94 valence electrons. The zero-order valence-corrected chi connectivity index (χ0v) is 10.8. The summed E-state index contributed by atoms with van der Waals surface area (Å²) < 4.78 is 9.65. The molecule has 1 amide bonds. The molecule has 0 aromatic heterocycles. The van der Waals surface area contributed by atoms with Crippen LogP contribution in [0.25, 0.3) is 0 Å². The monoisotopic (exact) mass is 231 g/mol. The van der Waals surface area contributed by atoms with Crippen LogP contribution in [-0.4, -0.2) is 30.8 Å². The van der Waals surface area contributed by atoms with E-state index in [1.54, 1.807) is 34.6 Å². The van der Waals surface area contributed by atoms with Crippen molar-refractivity contribution >= 4 is 12.1 Å². The number of methoxy groups -OCH3 is 1. The maximum absolute atomic E-state index is 11.4. The Morgan fingerprint density at radius 3 is 2.06 bits per heavy atom. The van der Waals surface area contributed by atoms with Gasteiger partial charge in [0.15, 0.2) is 0 Å². The molecular formula is C11H21NO4. The van der Waals surface area contributed by atoms with E-state index >= 15 is 0 Å². The smallest absolute Gasteiger partial charge is 0.407 e. The third-order valence-corrected chi connectivity index (χ3v) is 2.07. The highest BCUT2D eigenvalue weighted by molar-refractivity contribution is 5.74. The van der Waals surface area contributed by atoms with Gasteiger partial charge < -0.3 is 14.8 Å². The molecule has 5 heteroatoms. The van der Waals surface area contributed by atoms with E-state index in [0.717, 1.165) is 0 Å². The van der Waals surface area contributed by atoms with Crippen molar-refractivity contribution in [3.63, 3.8) is 0 Å². The van der Waals surface area contributed by atoms with Crippen LogP contribution < -0.4 is 5.32 Å². The summed E-state index contributed by atoms with van der Waals surface area (Å²) in [6.07, 6.45) is -0.532. The van der Waals surface area contributed by atoms with Crippen molar-refractivity contribution in [3.05, 3.63) is 0 Å². The Labute approximate surface area is 96.5 Å². The maximum Gasteiger partial charge on any atom is 0.407 e. The summed E-state index contributed by atoms with van der Waals surface area (Å²) in [4.78, 5) is 22.6. The largest absolute Gasteiger partial charge is 0.469 e. The van der Waals surface area contributed by atoms with Gasteiger partial charge in [0.05, 0.1) is 13.0 Å². The molecule has 0 saturated heterocycles. The lowest BCUT2D eigenvalue weighted by Gasteiger charge is -2.23. The maximum atomic E-state index is 11.4. The zero-order chi connectivity index (χ0) is 12.9. The quantitative estimate of drug-likeness (QED) is 0.751. The van der Waals surface area contributed by atoms with E-state index < -0.39 is 17.6 Å². The predicted octanol–water partition coefficient (Wildman–Crippen LogP) is 1.71. The first-order valence-electron chi connectivity index (χ1n) is 5.24. The van der Waals surface area contributed by atoms with Gasteiger partial charge in [-0.1, -0.05) is 0 Å². The molecule has 0 fully saturated rings. The van der Waals surface area contributed by atoms with Gasteiger partial charge in [0.2, 0.25) is 0 Å². The van der Waals surface area contributed by atoms with Crippen LogP contribution in [0.1, 0.15) is 34.6 Å². The third-order valence-electron chi connectivity index (χ3n) is 2.07. The zero-order valence-electron chi connectivity index (χ0n) is 10.8. The van der Waals surface area contributed by atoms with Crippen molar-refractivity contribution < 1.29 is 19.1 Å². The molecule has 2 atom stereocenters. The van der Waals surface area contributed by atoms with E-state index in [0.29, 0.717) is 0 Å². The molecule has 0 aromatic rings. The molecule has 0 aliphatic carbocycles. The van der Waals surface area contributed by atoms with Crippen LogP contribution in [0.3, 0.4) is 0 Å². The first-order chi connectivity index (χ1) is 7.17. The lowest BCUT2D eigenvalue weighted by Crippen LogP contribution is -2.43. The molecule has 0 rings (SSSR count). The Balaban J connectivity index is 4.19. The molecule has 0 saturated carbocycles. The van der Waals surface area contributed by atoms with Crippen LogP contribution in [0.2, 0.25) is 0 Å². The van der Waals surface area contributed by atoms with Gasteiger partial charge in [-0.2, -0.15) is 0 Å². The highest BCUT2D eigenvalue weighted by Crippen LogP contribution is 2.09. The molecule has 1 N–H and O–H groups in total. The third kappa shape index (κ3) is 5.58. The molecule has 0 aromatic carbocycles. The average Bonchev–Trinajstić information content (AvgIpc) is 2.12. The predicted molar refractivity (Wildman–Crippen MR) is 60.0 cm³/mol. The second-order valence-corrected chi connectivity index (χ2v) is 4.75. The second-order valence-electron chi connectivity index (χ2n) is 4.75. The number of esters is 1. The fraction of sp³-hybridized carbons (Fsp3) is 0.818. The van der Waals surface area contributed by atoms with Gasteiger partial charge in [-0.3, -0.25) is 4.79 Å². The van der Waals surface area contributed by atoms with E-state index in [1.807, 2.05) is 0 Å². The topological polar surface area (TPSA) is 64.6 Å². The molecule has 0 unspecified atom stereocenters. The SMILES string of the molecule is COC(=O)[C@H](C)[C@H](C)NC(=O)OC(C)(C)C. The number of alkyl carbamates (subject to hydrolysis) is 1. The Morgan fingerprint density at radius 2 is 1.69 bits per heavy atom. The fourth-order valence-corrected chi connectivity index (χ4v) is 1.01. The van der Waals surface area contributed by atoms with Crippen molar-refractivity contribution in [2.75, 3.05) is 7.11 Å².